The Morgan fingerprint density at radius 1 is 1.26 bits per heavy atom. The Morgan fingerprint density at radius 3 is 2.32 bits per heavy atom. The Hall–Kier alpha value is -0.690. The van der Waals surface area contributed by atoms with Gasteiger partial charge < -0.3 is 0 Å². The van der Waals surface area contributed by atoms with Crippen molar-refractivity contribution >= 4 is 14.7 Å². The molecule has 0 saturated carbocycles. The monoisotopic (exact) mass is 281 g/mol. The van der Waals surface area contributed by atoms with Gasteiger partial charge in [0, 0.05) is 12.1 Å². The van der Waals surface area contributed by atoms with Gasteiger partial charge in [0.15, 0.2) is 0 Å². The van der Waals surface area contributed by atoms with Gasteiger partial charge in [0.05, 0.1) is 11.2 Å². The van der Waals surface area contributed by atoms with E-state index in [1.54, 1.807) is 0 Å². The molecular formula is C15H28N3P. The van der Waals surface area contributed by atoms with Gasteiger partial charge in [-0.25, -0.2) is 4.68 Å². The molecule has 0 N–H and O–H groups in total. The van der Waals surface area contributed by atoms with Crippen LogP contribution in [0, 0.1) is 11.3 Å². The van der Waals surface area contributed by atoms with E-state index in [2.05, 4.69) is 73.8 Å². The molecule has 108 valence electrons. The van der Waals surface area contributed by atoms with E-state index in [0.29, 0.717) is 11.8 Å². The molecule has 19 heavy (non-hydrogen) atoms. The fourth-order valence-corrected chi connectivity index (χ4v) is 2.63. The summed E-state index contributed by atoms with van der Waals surface area (Å²) in [4.78, 5) is 0. The molecule has 0 bridgehead atoms. The number of hydrogen-bond donors (Lipinski definition) is 0. The zero-order chi connectivity index (χ0) is 14.8. The van der Waals surface area contributed by atoms with Crippen molar-refractivity contribution in [3.8, 4) is 0 Å². The van der Waals surface area contributed by atoms with E-state index in [9.17, 15) is 0 Å². The first kappa shape index (κ1) is 16.4. The maximum atomic E-state index is 4.38. The molecule has 0 aromatic carbocycles. The second-order valence-corrected chi connectivity index (χ2v) is 7.66. The largest absolute Gasteiger partial charge is 0.246 e. The molecule has 0 amide bonds. The summed E-state index contributed by atoms with van der Waals surface area (Å²) in [5, 5.41) is 8.70. The Balaban J connectivity index is 2.94. The molecule has 1 aromatic heterocycles. The van der Waals surface area contributed by atoms with Crippen molar-refractivity contribution in [1.29, 1.82) is 0 Å². The first-order chi connectivity index (χ1) is 8.59. The second-order valence-electron chi connectivity index (χ2n) is 7.25. The van der Waals surface area contributed by atoms with E-state index < -0.39 is 0 Å². The third kappa shape index (κ3) is 3.89. The van der Waals surface area contributed by atoms with Gasteiger partial charge in [-0.15, -0.1) is 14.0 Å². The first-order valence-electron chi connectivity index (χ1n) is 7.01. The molecular weight excluding hydrogens is 253 g/mol. The lowest BCUT2D eigenvalue weighted by atomic mass is 9.74. The molecule has 0 radical (unpaired) electrons. The lowest BCUT2D eigenvalue weighted by Crippen LogP contribution is -2.27. The summed E-state index contributed by atoms with van der Waals surface area (Å²) in [5.41, 5.74) is 1.32. The molecule has 1 aromatic rings. The van der Waals surface area contributed by atoms with Crippen LogP contribution in [0.2, 0.25) is 0 Å². The molecule has 0 aliphatic carbocycles. The Labute approximate surface area is 120 Å². The van der Waals surface area contributed by atoms with E-state index >= 15 is 0 Å². The molecule has 0 aliphatic rings. The average molecular weight is 281 g/mol. The minimum absolute atomic E-state index is 0.0440. The summed E-state index contributed by atoms with van der Waals surface area (Å²) in [5.74, 6) is 2.96. The highest BCUT2D eigenvalue weighted by atomic mass is 31.0. The minimum atomic E-state index is -0.0440. The lowest BCUT2D eigenvalue weighted by Gasteiger charge is -2.31. The summed E-state index contributed by atoms with van der Waals surface area (Å²) in [6, 6.07) is 0. The van der Waals surface area contributed by atoms with Gasteiger partial charge >= 0.3 is 0 Å². The molecule has 0 spiro atoms. The zero-order valence-corrected chi connectivity index (χ0v) is 14.4. The third-order valence-electron chi connectivity index (χ3n) is 4.32. The van der Waals surface area contributed by atoms with Crippen LogP contribution in [0.3, 0.4) is 0 Å². The van der Waals surface area contributed by atoms with E-state index in [1.165, 1.54) is 0 Å². The van der Waals surface area contributed by atoms with Gasteiger partial charge in [-0.1, -0.05) is 45.6 Å². The third-order valence-corrected chi connectivity index (χ3v) is 4.52. The van der Waals surface area contributed by atoms with Crippen LogP contribution in [0.1, 0.15) is 66.5 Å². The fraction of sp³-hybridized carbons (Fsp3) is 0.800. The first-order valence-corrected chi connectivity index (χ1v) is 7.59. The number of rotatable bonds is 5. The van der Waals surface area contributed by atoms with Crippen LogP contribution < -0.4 is 0 Å². The summed E-state index contributed by atoms with van der Waals surface area (Å²) in [6.45, 7) is 15.7. The van der Waals surface area contributed by atoms with Crippen molar-refractivity contribution in [2.24, 2.45) is 11.3 Å². The van der Waals surface area contributed by atoms with Crippen LogP contribution in [0.4, 0.5) is 0 Å². The van der Waals surface area contributed by atoms with Crippen LogP contribution in [0.25, 0.3) is 0 Å². The number of aromatic nitrogens is 3. The van der Waals surface area contributed by atoms with Crippen molar-refractivity contribution in [3.05, 3.63) is 11.9 Å². The standard InChI is InChI=1S/C15H28N3P/c1-11(12(2)14(3,4)5)13-10-18(17-16-13)15(6,7)8-9-19/h9-12,19H,8H2,1-7H3. The van der Waals surface area contributed by atoms with Crippen molar-refractivity contribution in [2.75, 3.05) is 0 Å². The van der Waals surface area contributed by atoms with E-state index in [1.807, 2.05) is 10.5 Å². The Bertz CT molecular complexity index is 429. The highest BCUT2D eigenvalue weighted by Gasteiger charge is 2.29. The molecule has 3 nitrogen and oxygen atoms in total. The van der Waals surface area contributed by atoms with Crippen LogP contribution in [0.5, 0.6) is 0 Å². The van der Waals surface area contributed by atoms with Gasteiger partial charge in [-0.05, 0) is 31.6 Å². The summed E-state index contributed by atoms with van der Waals surface area (Å²) >= 11 is 0. The zero-order valence-electron chi connectivity index (χ0n) is 13.4. The fourth-order valence-electron chi connectivity index (χ4n) is 2.13. The van der Waals surface area contributed by atoms with Crippen molar-refractivity contribution in [2.45, 2.75) is 66.3 Å². The average Bonchev–Trinajstić information content (AvgIpc) is 2.75. The summed E-state index contributed by atoms with van der Waals surface area (Å²) in [7, 11) is 3.43. The van der Waals surface area contributed by atoms with Gasteiger partial charge in [-0.2, -0.15) is 0 Å². The van der Waals surface area contributed by atoms with Gasteiger partial charge in [0.1, 0.15) is 0 Å². The van der Waals surface area contributed by atoms with Crippen LogP contribution in [0.15, 0.2) is 6.20 Å². The van der Waals surface area contributed by atoms with E-state index in [-0.39, 0.29) is 11.0 Å². The molecule has 1 rings (SSSR count). The maximum Gasteiger partial charge on any atom is 0.0858 e. The highest BCUT2D eigenvalue weighted by Crippen LogP contribution is 2.36. The Morgan fingerprint density at radius 2 is 1.84 bits per heavy atom. The maximum absolute atomic E-state index is 4.38. The van der Waals surface area contributed by atoms with Crippen LogP contribution >= 0.6 is 8.86 Å². The van der Waals surface area contributed by atoms with Crippen molar-refractivity contribution in [1.82, 2.24) is 15.0 Å². The van der Waals surface area contributed by atoms with Crippen LogP contribution in [-0.2, 0) is 5.54 Å². The predicted molar refractivity (Wildman–Crippen MR) is 85.4 cm³/mol. The van der Waals surface area contributed by atoms with Crippen LogP contribution in [-0.4, -0.2) is 20.8 Å². The minimum Gasteiger partial charge on any atom is -0.246 e. The summed E-state index contributed by atoms with van der Waals surface area (Å²) < 4.78 is 1.98. The van der Waals surface area contributed by atoms with Gasteiger partial charge in [-0.3, -0.25) is 0 Å². The second kappa shape index (κ2) is 5.75. The van der Waals surface area contributed by atoms with Gasteiger partial charge in [0.25, 0.3) is 0 Å². The molecule has 0 fully saturated rings. The summed E-state index contributed by atoms with van der Waals surface area (Å²) in [6.07, 6.45) is 3.01. The smallest absolute Gasteiger partial charge is 0.0858 e. The molecule has 0 aliphatic heterocycles. The van der Waals surface area contributed by atoms with Crippen molar-refractivity contribution < 1.29 is 0 Å². The lowest BCUT2D eigenvalue weighted by molar-refractivity contribution is 0.226. The Kier molecular flexibility index (Phi) is 4.95. The topological polar surface area (TPSA) is 30.7 Å². The number of hydrogen-bond acceptors (Lipinski definition) is 2. The molecule has 1 heterocycles. The molecule has 0 saturated heterocycles. The van der Waals surface area contributed by atoms with E-state index in [0.717, 1.165) is 12.1 Å². The van der Waals surface area contributed by atoms with Crippen molar-refractivity contribution in [3.63, 3.8) is 0 Å². The number of nitrogens with zero attached hydrogens (tertiary/aromatic N) is 3. The molecule has 4 heteroatoms. The predicted octanol–water partition coefficient (Wildman–Crippen LogP) is 4.13. The van der Waals surface area contributed by atoms with E-state index in [4.69, 9.17) is 0 Å². The normalized spacial score (nSPS) is 16.2. The highest BCUT2D eigenvalue weighted by molar-refractivity contribution is 7.18. The molecule has 2 unspecified atom stereocenters. The SMILES string of the molecule is CC(c1cn(C(C)(C)CC=P)nn1)C(C)C(C)(C)C. The quantitative estimate of drug-likeness (QED) is 0.760. The molecule has 2 atom stereocenters. The van der Waals surface area contributed by atoms with Gasteiger partial charge in [0.2, 0.25) is 0 Å².